The Hall–Kier alpha value is -0.860. The summed E-state index contributed by atoms with van der Waals surface area (Å²) in [5.41, 5.74) is 8.59. The summed E-state index contributed by atoms with van der Waals surface area (Å²) in [6.45, 7) is 4.00. The molecule has 2 nitrogen and oxygen atoms in total. The molecule has 0 aliphatic carbocycles. The summed E-state index contributed by atoms with van der Waals surface area (Å²) in [5, 5.41) is 3.63. The first-order chi connectivity index (χ1) is 7.27. The highest BCUT2D eigenvalue weighted by molar-refractivity contribution is 5.29. The Bertz CT molecular complexity index is 310. The molecule has 15 heavy (non-hydrogen) atoms. The molecule has 1 unspecified atom stereocenters. The molecule has 1 aliphatic heterocycles. The van der Waals surface area contributed by atoms with Crippen molar-refractivity contribution in [3.05, 3.63) is 35.4 Å². The van der Waals surface area contributed by atoms with Gasteiger partial charge in [0.05, 0.1) is 0 Å². The minimum Gasteiger partial charge on any atom is -0.330 e. The fourth-order valence-electron chi connectivity index (χ4n) is 2.53. The normalized spacial score (nSPS) is 25.7. The predicted molar refractivity (Wildman–Crippen MR) is 63.8 cm³/mol. The summed E-state index contributed by atoms with van der Waals surface area (Å²) < 4.78 is 0. The Kier molecular flexibility index (Phi) is 3.08. The fraction of sp³-hybridized carbons (Fsp3) is 0.538. The second-order valence-corrected chi connectivity index (χ2v) is 4.52. The Morgan fingerprint density at radius 2 is 2.07 bits per heavy atom. The molecule has 1 aromatic carbocycles. The van der Waals surface area contributed by atoms with Gasteiger partial charge in [0.1, 0.15) is 0 Å². The molecule has 0 amide bonds. The standard InChI is InChI=1S/C13H20N2/c1-11-3-5-12(6-4-11)13(8-9-14)7-2-10-15-13/h3-6,15H,2,7-10,14H2,1H3. The quantitative estimate of drug-likeness (QED) is 0.789. The van der Waals surface area contributed by atoms with Crippen molar-refractivity contribution in [3.8, 4) is 0 Å². The Morgan fingerprint density at radius 1 is 1.33 bits per heavy atom. The zero-order valence-corrected chi connectivity index (χ0v) is 9.42. The maximum absolute atomic E-state index is 5.72. The van der Waals surface area contributed by atoms with Gasteiger partial charge in [0.15, 0.2) is 0 Å². The first-order valence-corrected chi connectivity index (χ1v) is 5.79. The maximum atomic E-state index is 5.72. The zero-order valence-electron chi connectivity index (χ0n) is 9.42. The van der Waals surface area contributed by atoms with Crippen LogP contribution in [0, 0.1) is 6.92 Å². The van der Waals surface area contributed by atoms with Crippen molar-refractivity contribution < 1.29 is 0 Å². The van der Waals surface area contributed by atoms with Gasteiger partial charge in [-0.25, -0.2) is 0 Å². The lowest BCUT2D eigenvalue weighted by molar-refractivity contribution is 0.365. The van der Waals surface area contributed by atoms with Crippen LogP contribution >= 0.6 is 0 Å². The summed E-state index contributed by atoms with van der Waals surface area (Å²) in [5.74, 6) is 0. The molecule has 1 heterocycles. The van der Waals surface area contributed by atoms with E-state index in [1.807, 2.05) is 0 Å². The van der Waals surface area contributed by atoms with Crippen molar-refractivity contribution in [1.82, 2.24) is 5.32 Å². The van der Waals surface area contributed by atoms with E-state index in [1.165, 1.54) is 24.0 Å². The number of benzene rings is 1. The van der Waals surface area contributed by atoms with E-state index in [0.717, 1.165) is 19.5 Å². The van der Waals surface area contributed by atoms with Crippen molar-refractivity contribution in [3.63, 3.8) is 0 Å². The van der Waals surface area contributed by atoms with Crippen LogP contribution in [0.1, 0.15) is 30.4 Å². The lowest BCUT2D eigenvalue weighted by Gasteiger charge is -2.30. The number of hydrogen-bond acceptors (Lipinski definition) is 2. The van der Waals surface area contributed by atoms with E-state index in [9.17, 15) is 0 Å². The zero-order chi connectivity index (χ0) is 10.7. The summed E-state index contributed by atoms with van der Waals surface area (Å²) in [7, 11) is 0. The van der Waals surface area contributed by atoms with Gasteiger partial charge < -0.3 is 11.1 Å². The lowest BCUT2D eigenvalue weighted by Crippen LogP contribution is -2.38. The predicted octanol–water partition coefficient (Wildman–Crippen LogP) is 1.92. The van der Waals surface area contributed by atoms with Crippen LogP contribution in [0.2, 0.25) is 0 Å². The summed E-state index contributed by atoms with van der Waals surface area (Å²) in [4.78, 5) is 0. The summed E-state index contributed by atoms with van der Waals surface area (Å²) >= 11 is 0. The van der Waals surface area contributed by atoms with E-state index in [2.05, 4.69) is 36.5 Å². The van der Waals surface area contributed by atoms with Crippen molar-refractivity contribution in [2.24, 2.45) is 5.73 Å². The van der Waals surface area contributed by atoms with Gasteiger partial charge in [-0.2, -0.15) is 0 Å². The molecular formula is C13H20N2. The number of nitrogens with two attached hydrogens (primary N) is 1. The molecule has 3 N–H and O–H groups in total. The average molecular weight is 204 g/mol. The third-order valence-corrected chi connectivity index (χ3v) is 3.42. The first kappa shape index (κ1) is 10.7. The van der Waals surface area contributed by atoms with Crippen LogP contribution < -0.4 is 11.1 Å². The third-order valence-electron chi connectivity index (χ3n) is 3.42. The number of aryl methyl sites for hydroxylation is 1. The number of nitrogens with one attached hydrogen (secondary N) is 1. The van der Waals surface area contributed by atoms with Crippen LogP contribution in [0.4, 0.5) is 0 Å². The van der Waals surface area contributed by atoms with Crippen LogP contribution in [-0.4, -0.2) is 13.1 Å². The van der Waals surface area contributed by atoms with Gasteiger partial charge in [0.2, 0.25) is 0 Å². The molecule has 0 aromatic heterocycles. The minimum absolute atomic E-state index is 0.155. The third kappa shape index (κ3) is 2.06. The van der Waals surface area contributed by atoms with Crippen LogP contribution in [-0.2, 0) is 5.54 Å². The molecule has 1 aromatic rings. The van der Waals surface area contributed by atoms with Crippen LogP contribution in [0.5, 0.6) is 0 Å². The minimum atomic E-state index is 0.155. The lowest BCUT2D eigenvalue weighted by atomic mass is 9.85. The molecule has 1 atom stereocenters. The van der Waals surface area contributed by atoms with E-state index in [1.54, 1.807) is 0 Å². The van der Waals surface area contributed by atoms with Gasteiger partial charge in [-0.1, -0.05) is 29.8 Å². The molecular weight excluding hydrogens is 184 g/mol. The average Bonchev–Trinajstić information content (AvgIpc) is 2.69. The largest absolute Gasteiger partial charge is 0.330 e. The maximum Gasteiger partial charge on any atom is 0.0447 e. The van der Waals surface area contributed by atoms with E-state index in [4.69, 9.17) is 5.73 Å². The Labute approximate surface area is 91.9 Å². The van der Waals surface area contributed by atoms with Gasteiger partial charge in [-0.15, -0.1) is 0 Å². The van der Waals surface area contributed by atoms with E-state index in [0.29, 0.717) is 0 Å². The van der Waals surface area contributed by atoms with Gasteiger partial charge in [0, 0.05) is 5.54 Å². The molecule has 82 valence electrons. The second kappa shape index (κ2) is 4.33. The van der Waals surface area contributed by atoms with Gasteiger partial charge in [0.25, 0.3) is 0 Å². The van der Waals surface area contributed by atoms with Crippen molar-refractivity contribution in [2.45, 2.75) is 31.7 Å². The smallest absolute Gasteiger partial charge is 0.0447 e. The summed E-state index contributed by atoms with van der Waals surface area (Å²) in [6, 6.07) is 8.85. The fourth-order valence-corrected chi connectivity index (χ4v) is 2.53. The Balaban J connectivity index is 2.28. The van der Waals surface area contributed by atoms with E-state index < -0.39 is 0 Å². The van der Waals surface area contributed by atoms with Crippen LogP contribution in [0.25, 0.3) is 0 Å². The number of hydrogen-bond donors (Lipinski definition) is 2. The van der Waals surface area contributed by atoms with Gasteiger partial charge in [-0.3, -0.25) is 0 Å². The molecule has 0 bridgehead atoms. The highest BCUT2D eigenvalue weighted by Gasteiger charge is 2.33. The topological polar surface area (TPSA) is 38.0 Å². The van der Waals surface area contributed by atoms with E-state index in [-0.39, 0.29) is 5.54 Å². The molecule has 2 rings (SSSR count). The van der Waals surface area contributed by atoms with Crippen molar-refractivity contribution in [1.29, 1.82) is 0 Å². The molecule has 2 heteroatoms. The van der Waals surface area contributed by atoms with Crippen molar-refractivity contribution >= 4 is 0 Å². The first-order valence-electron chi connectivity index (χ1n) is 5.79. The van der Waals surface area contributed by atoms with Gasteiger partial charge in [-0.05, 0) is 44.8 Å². The van der Waals surface area contributed by atoms with Gasteiger partial charge >= 0.3 is 0 Å². The van der Waals surface area contributed by atoms with Crippen LogP contribution in [0.15, 0.2) is 24.3 Å². The Morgan fingerprint density at radius 3 is 2.60 bits per heavy atom. The molecule has 0 spiro atoms. The highest BCUT2D eigenvalue weighted by Crippen LogP contribution is 2.33. The molecule has 1 aliphatic rings. The molecule has 0 radical (unpaired) electrons. The summed E-state index contributed by atoms with van der Waals surface area (Å²) in [6.07, 6.45) is 3.51. The molecule has 1 fully saturated rings. The van der Waals surface area contributed by atoms with Crippen LogP contribution in [0.3, 0.4) is 0 Å². The van der Waals surface area contributed by atoms with E-state index >= 15 is 0 Å². The molecule has 0 saturated carbocycles. The number of rotatable bonds is 3. The second-order valence-electron chi connectivity index (χ2n) is 4.52. The van der Waals surface area contributed by atoms with Crippen molar-refractivity contribution in [2.75, 3.05) is 13.1 Å². The highest BCUT2D eigenvalue weighted by atomic mass is 15.0. The monoisotopic (exact) mass is 204 g/mol. The molecule has 1 saturated heterocycles. The SMILES string of the molecule is Cc1ccc(C2(CCN)CCCN2)cc1.